The van der Waals surface area contributed by atoms with Crippen molar-refractivity contribution in [2.24, 2.45) is 0 Å². The monoisotopic (exact) mass is 370 g/mol. The van der Waals surface area contributed by atoms with Crippen LogP contribution in [-0.4, -0.2) is 44.8 Å². The lowest BCUT2D eigenvalue weighted by molar-refractivity contribution is -0.138. The van der Waals surface area contributed by atoms with Crippen LogP contribution in [-0.2, 0) is 14.3 Å². The number of ether oxygens (including phenoxy) is 1. The molecular formula is C18H18N4O5. The molecule has 1 aliphatic carbocycles. The van der Waals surface area contributed by atoms with E-state index in [0.29, 0.717) is 5.95 Å². The molecule has 2 aromatic rings. The molecule has 1 atom stereocenters. The third-order valence-corrected chi connectivity index (χ3v) is 3.82. The first-order valence-corrected chi connectivity index (χ1v) is 8.17. The van der Waals surface area contributed by atoms with Gasteiger partial charge in [-0.05, 0) is 31.2 Å². The number of anilines is 1. The molecule has 0 spiro atoms. The van der Waals surface area contributed by atoms with Crippen LogP contribution in [0.1, 0.15) is 6.92 Å². The highest BCUT2D eigenvalue weighted by Gasteiger charge is 2.27. The number of aliphatic hydroxyl groups is 1. The van der Waals surface area contributed by atoms with Crippen LogP contribution in [0.15, 0.2) is 59.3 Å². The van der Waals surface area contributed by atoms with Crippen molar-refractivity contribution < 1.29 is 24.5 Å². The molecule has 3 rings (SSSR count). The molecule has 0 aliphatic heterocycles. The summed E-state index contributed by atoms with van der Waals surface area (Å²) in [6.07, 6.45) is 2.43. The number of carboxylic acid groups (broad SMARTS) is 1. The van der Waals surface area contributed by atoms with Crippen molar-refractivity contribution in [3.8, 4) is 0 Å². The Morgan fingerprint density at radius 2 is 2.11 bits per heavy atom. The van der Waals surface area contributed by atoms with E-state index in [1.807, 2.05) is 24.3 Å². The zero-order chi connectivity index (χ0) is 19.4. The van der Waals surface area contributed by atoms with E-state index in [1.54, 1.807) is 6.92 Å². The van der Waals surface area contributed by atoms with Gasteiger partial charge in [-0.1, -0.05) is 12.1 Å². The van der Waals surface area contributed by atoms with E-state index in [4.69, 9.17) is 4.74 Å². The van der Waals surface area contributed by atoms with E-state index in [0.717, 1.165) is 17.1 Å². The molecule has 27 heavy (non-hydrogen) atoms. The smallest absolute Gasteiger partial charge is 0.338 e. The highest BCUT2D eigenvalue weighted by atomic mass is 16.5. The minimum Gasteiger partial charge on any atom is -0.478 e. The molecule has 5 N–H and O–H groups in total. The lowest BCUT2D eigenvalue weighted by atomic mass is 9.92. The summed E-state index contributed by atoms with van der Waals surface area (Å²) < 4.78 is 4.90. The van der Waals surface area contributed by atoms with Crippen molar-refractivity contribution in [2.75, 3.05) is 12.0 Å². The minimum absolute atomic E-state index is 0.0383. The van der Waals surface area contributed by atoms with Crippen LogP contribution in [0.25, 0.3) is 11.0 Å². The first kappa shape index (κ1) is 18.2. The third kappa shape index (κ3) is 3.98. The molecule has 0 bridgehead atoms. The Morgan fingerprint density at radius 1 is 1.33 bits per heavy atom. The molecular weight excluding hydrogens is 352 g/mol. The molecule has 0 fully saturated rings. The van der Waals surface area contributed by atoms with Crippen molar-refractivity contribution >= 4 is 28.9 Å². The molecule has 0 saturated carbocycles. The molecule has 0 amide bonds. The van der Waals surface area contributed by atoms with Gasteiger partial charge in [-0.25, -0.2) is 14.6 Å². The van der Waals surface area contributed by atoms with Crippen LogP contribution in [0.4, 0.5) is 5.95 Å². The van der Waals surface area contributed by atoms with Gasteiger partial charge in [-0.2, -0.15) is 0 Å². The number of aromatic nitrogens is 2. The van der Waals surface area contributed by atoms with Crippen LogP contribution in [0.5, 0.6) is 0 Å². The minimum atomic E-state index is -1.40. The molecule has 1 unspecified atom stereocenters. The first-order valence-electron chi connectivity index (χ1n) is 8.17. The molecule has 1 heterocycles. The molecule has 9 heteroatoms. The Hall–Kier alpha value is -3.59. The number of aromatic amines is 1. The van der Waals surface area contributed by atoms with Gasteiger partial charge in [0, 0.05) is 11.8 Å². The fraction of sp³-hybridized carbons (Fsp3) is 0.167. The number of benzene rings is 1. The van der Waals surface area contributed by atoms with E-state index in [2.05, 4.69) is 20.8 Å². The number of nitrogens with zero attached hydrogens (tertiary/aromatic N) is 1. The maximum atomic E-state index is 11.9. The number of aliphatic carboxylic acids is 1. The van der Waals surface area contributed by atoms with E-state index < -0.39 is 18.0 Å². The number of carbonyl (C=O) groups excluding carboxylic acids is 1. The number of para-hydroxylation sites is 2. The van der Waals surface area contributed by atoms with Gasteiger partial charge in [-0.15, -0.1) is 0 Å². The molecule has 0 radical (unpaired) electrons. The fourth-order valence-electron chi connectivity index (χ4n) is 2.56. The SMILES string of the molecule is CCOC(=O)C1=CC(=CNNc2nc3ccccc3[nH]2)C(O)C(C(=O)O)=C1. The van der Waals surface area contributed by atoms with E-state index >= 15 is 0 Å². The molecule has 140 valence electrons. The van der Waals surface area contributed by atoms with Gasteiger partial charge in [0.25, 0.3) is 0 Å². The number of hydrazine groups is 1. The predicted molar refractivity (Wildman–Crippen MR) is 97.4 cm³/mol. The Bertz CT molecular complexity index is 940. The normalized spacial score (nSPS) is 18.0. The van der Waals surface area contributed by atoms with E-state index in [9.17, 15) is 19.8 Å². The van der Waals surface area contributed by atoms with E-state index in [1.165, 1.54) is 12.3 Å². The van der Waals surface area contributed by atoms with Crippen molar-refractivity contribution in [2.45, 2.75) is 13.0 Å². The van der Waals surface area contributed by atoms with Gasteiger partial charge in [0.05, 0.1) is 28.8 Å². The number of aliphatic hydroxyl groups excluding tert-OH is 1. The Kier molecular flexibility index (Phi) is 5.23. The number of rotatable bonds is 6. The number of hydrogen-bond donors (Lipinski definition) is 5. The molecule has 9 nitrogen and oxygen atoms in total. The fourth-order valence-corrected chi connectivity index (χ4v) is 2.56. The maximum Gasteiger partial charge on any atom is 0.338 e. The van der Waals surface area contributed by atoms with Gasteiger partial charge >= 0.3 is 11.9 Å². The number of esters is 1. The lowest BCUT2D eigenvalue weighted by Crippen LogP contribution is -2.26. The lowest BCUT2D eigenvalue weighted by Gasteiger charge is -2.19. The summed E-state index contributed by atoms with van der Waals surface area (Å²) in [4.78, 5) is 30.6. The average molecular weight is 370 g/mol. The standard InChI is InChI=1S/C18H18N4O5/c1-2-27-17(26)10-7-11(15(23)12(8-10)16(24)25)9-19-22-18-20-13-5-3-4-6-14(13)21-18/h3-9,15,19,23H,2H2,1H3,(H,24,25)(H2,20,21,22). The largest absolute Gasteiger partial charge is 0.478 e. The zero-order valence-corrected chi connectivity index (χ0v) is 14.4. The highest BCUT2D eigenvalue weighted by molar-refractivity contribution is 5.98. The number of carbonyl (C=O) groups is 2. The number of nitrogens with one attached hydrogen (secondary N) is 3. The van der Waals surface area contributed by atoms with Gasteiger partial charge in [-0.3, -0.25) is 5.43 Å². The van der Waals surface area contributed by atoms with Crippen LogP contribution >= 0.6 is 0 Å². The van der Waals surface area contributed by atoms with Crippen LogP contribution in [0.3, 0.4) is 0 Å². The topological polar surface area (TPSA) is 137 Å². The zero-order valence-electron chi connectivity index (χ0n) is 14.4. The van der Waals surface area contributed by atoms with Gasteiger partial charge < -0.3 is 25.4 Å². The molecule has 1 aromatic heterocycles. The highest BCUT2D eigenvalue weighted by Crippen LogP contribution is 2.24. The summed E-state index contributed by atoms with van der Waals surface area (Å²) in [5, 5.41) is 19.5. The summed E-state index contributed by atoms with van der Waals surface area (Å²) >= 11 is 0. The second-order valence-electron chi connectivity index (χ2n) is 5.64. The van der Waals surface area contributed by atoms with Crippen molar-refractivity contribution in [1.29, 1.82) is 0 Å². The second-order valence-corrected chi connectivity index (χ2v) is 5.64. The number of hydrogen-bond acceptors (Lipinski definition) is 7. The molecule has 0 saturated heterocycles. The van der Waals surface area contributed by atoms with Crippen LogP contribution in [0.2, 0.25) is 0 Å². The second kappa shape index (κ2) is 7.75. The van der Waals surface area contributed by atoms with Crippen LogP contribution < -0.4 is 10.9 Å². The Balaban J connectivity index is 1.79. The number of imidazole rings is 1. The van der Waals surface area contributed by atoms with Crippen LogP contribution in [0, 0.1) is 0 Å². The van der Waals surface area contributed by atoms with Crippen molar-refractivity contribution in [1.82, 2.24) is 15.4 Å². The number of carboxylic acids is 1. The average Bonchev–Trinajstić information content (AvgIpc) is 3.05. The van der Waals surface area contributed by atoms with Gasteiger partial charge in [0.1, 0.15) is 6.10 Å². The summed E-state index contributed by atoms with van der Waals surface area (Å²) in [7, 11) is 0. The number of H-pyrrole nitrogens is 1. The summed E-state index contributed by atoms with van der Waals surface area (Å²) in [5.74, 6) is -1.56. The van der Waals surface area contributed by atoms with Crippen molar-refractivity contribution in [3.63, 3.8) is 0 Å². The Morgan fingerprint density at radius 3 is 2.81 bits per heavy atom. The summed E-state index contributed by atoms with van der Waals surface area (Å²) in [6.45, 7) is 1.80. The quantitative estimate of drug-likeness (QED) is 0.378. The van der Waals surface area contributed by atoms with Gasteiger partial charge in [0.2, 0.25) is 5.95 Å². The number of fused-ring (bicyclic) bond motifs is 1. The predicted octanol–water partition coefficient (Wildman–Crippen LogP) is 1.24. The van der Waals surface area contributed by atoms with E-state index in [-0.39, 0.29) is 23.3 Å². The summed E-state index contributed by atoms with van der Waals surface area (Å²) in [6, 6.07) is 7.45. The molecule has 1 aliphatic rings. The first-order chi connectivity index (χ1) is 13.0. The molecule has 1 aromatic carbocycles. The van der Waals surface area contributed by atoms with Crippen molar-refractivity contribution in [3.05, 3.63) is 59.3 Å². The maximum absolute atomic E-state index is 11.9. The summed E-state index contributed by atoms with van der Waals surface area (Å²) in [5.41, 5.74) is 7.04. The Labute approximate surface area is 154 Å². The third-order valence-electron chi connectivity index (χ3n) is 3.82. The van der Waals surface area contributed by atoms with Gasteiger partial charge in [0.15, 0.2) is 0 Å².